The van der Waals surface area contributed by atoms with Gasteiger partial charge in [-0.25, -0.2) is 4.98 Å². The van der Waals surface area contributed by atoms with Gasteiger partial charge in [0.05, 0.1) is 15.5 Å². The molecule has 1 unspecified atom stereocenters. The molecule has 36 heavy (non-hydrogen) atoms. The third kappa shape index (κ3) is 6.42. The number of thiazole rings is 1. The number of hydrogen-bond donors (Lipinski definition) is 2. The van der Waals surface area contributed by atoms with Gasteiger partial charge in [0.2, 0.25) is 11.8 Å². The normalized spacial score (nSPS) is 12.1. The smallest absolute Gasteiger partial charge is 0.248 e. The van der Waals surface area contributed by atoms with Crippen LogP contribution in [-0.2, 0) is 9.59 Å². The SMILES string of the molecule is CCC(Sc1nc2ccc(NC(=O)/C=C/c3ccccc3)cc2s1)C(=O)Nc1c(C)cc(C)cc1C. The molecular formula is C29H29N3O2S2. The highest BCUT2D eigenvalue weighted by Crippen LogP contribution is 2.35. The number of thioether (sulfide) groups is 1. The number of anilines is 2. The number of aryl methyl sites for hydroxylation is 3. The number of carbonyl (C=O) groups is 2. The van der Waals surface area contributed by atoms with Crippen molar-refractivity contribution in [3.8, 4) is 0 Å². The summed E-state index contributed by atoms with van der Waals surface area (Å²) < 4.78 is 1.79. The zero-order valence-corrected chi connectivity index (χ0v) is 22.4. The first kappa shape index (κ1) is 25.7. The average molecular weight is 516 g/mol. The summed E-state index contributed by atoms with van der Waals surface area (Å²) in [5.74, 6) is -0.211. The van der Waals surface area contributed by atoms with Crippen molar-refractivity contribution in [2.45, 2.75) is 43.7 Å². The van der Waals surface area contributed by atoms with Crippen LogP contribution in [0.2, 0.25) is 0 Å². The molecule has 3 aromatic carbocycles. The maximum atomic E-state index is 13.1. The van der Waals surface area contributed by atoms with E-state index in [0.717, 1.165) is 36.9 Å². The quantitative estimate of drug-likeness (QED) is 0.190. The Bertz CT molecular complexity index is 1400. The largest absolute Gasteiger partial charge is 0.325 e. The number of rotatable bonds is 8. The highest BCUT2D eigenvalue weighted by molar-refractivity contribution is 8.02. The number of carbonyl (C=O) groups excluding carboxylic acids is 2. The van der Waals surface area contributed by atoms with Gasteiger partial charge in [-0.05, 0) is 68.2 Å². The van der Waals surface area contributed by atoms with Crippen LogP contribution >= 0.6 is 23.1 Å². The Hall–Kier alpha value is -3.42. The Balaban J connectivity index is 1.43. The second kappa shape index (κ2) is 11.5. The number of fused-ring (bicyclic) bond motifs is 1. The molecule has 7 heteroatoms. The topological polar surface area (TPSA) is 71.1 Å². The summed E-state index contributed by atoms with van der Waals surface area (Å²) in [6.45, 7) is 8.11. The predicted octanol–water partition coefficient (Wildman–Crippen LogP) is 7.38. The summed E-state index contributed by atoms with van der Waals surface area (Å²) in [7, 11) is 0. The Kier molecular flexibility index (Phi) is 8.23. The van der Waals surface area contributed by atoms with Crippen LogP contribution in [0.3, 0.4) is 0 Å². The number of aromatic nitrogens is 1. The van der Waals surface area contributed by atoms with Crippen LogP contribution in [-0.4, -0.2) is 22.0 Å². The van der Waals surface area contributed by atoms with Crippen molar-refractivity contribution in [2.24, 2.45) is 0 Å². The molecule has 0 fully saturated rings. The molecule has 0 aliphatic carbocycles. The maximum Gasteiger partial charge on any atom is 0.248 e. The van der Waals surface area contributed by atoms with Crippen molar-refractivity contribution in [1.82, 2.24) is 4.98 Å². The van der Waals surface area contributed by atoms with Crippen molar-refractivity contribution < 1.29 is 9.59 Å². The third-order valence-corrected chi connectivity index (χ3v) is 8.17. The molecule has 4 rings (SSSR count). The zero-order chi connectivity index (χ0) is 25.7. The summed E-state index contributed by atoms with van der Waals surface area (Å²) in [4.78, 5) is 30.1. The van der Waals surface area contributed by atoms with E-state index in [4.69, 9.17) is 4.98 Å². The van der Waals surface area contributed by atoms with Gasteiger partial charge < -0.3 is 10.6 Å². The van der Waals surface area contributed by atoms with Gasteiger partial charge in [-0.1, -0.05) is 66.7 Å². The minimum absolute atomic E-state index is 0.0186. The monoisotopic (exact) mass is 515 g/mol. The molecule has 2 N–H and O–H groups in total. The van der Waals surface area contributed by atoms with Gasteiger partial charge in [0, 0.05) is 17.5 Å². The van der Waals surface area contributed by atoms with E-state index in [1.807, 2.05) is 69.3 Å². The molecular weight excluding hydrogens is 486 g/mol. The van der Waals surface area contributed by atoms with Crippen molar-refractivity contribution in [3.05, 3.63) is 89.0 Å². The molecule has 2 amide bonds. The fourth-order valence-corrected chi connectivity index (χ4v) is 6.25. The van der Waals surface area contributed by atoms with Gasteiger partial charge in [-0.2, -0.15) is 0 Å². The van der Waals surface area contributed by atoms with Gasteiger partial charge in [0.15, 0.2) is 4.34 Å². The van der Waals surface area contributed by atoms with Crippen LogP contribution in [0.5, 0.6) is 0 Å². The highest BCUT2D eigenvalue weighted by atomic mass is 32.2. The Morgan fingerprint density at radius 1 is 1.00 bits per heavy atom. The lowest BCUT2D eigenvalue weighted by Gasteiger charge is -2.17. The lowest BCUT2D eigenvalue weighted by Crippen LogP contribution is -2.25. The van der Waals surface area contributed by atoms with E-state index >= 15 is 0 Å². The van der Waals surface area contributed by atoms with E-state index in [0.29, 0.717) is 12.1 Å². The first-order valence-corrected chi connectivity index (χ1v) is 13.5. The number of benzene rings is 3. The van der Waals surface area contributed by atoms with Crippen molar-refractivity contribution in [3.63, 3.8) is 0 Å². The second-order valence-electron chi connectivity index (χ2n) is 8.67. The van der Waals surface area contributed by atoms with Gasteiger partial charge >= 0.3 is 0 Å². The molecule has 4 aromatic rings. The summed E-state index contributed by atoms with van der Waals surface area (Å²) in [6.07, 6.45) is 3.99. The Morgan fingerprint density at radius 3 is 2.42 bits per heavy atom. The molecule has 1 atom stereocenters. The summed E-state index contributed by atoms with van der Waals surface area (Å²) in [6, 6.07) is 19.5. The molecule has 0 saturated heterocycles. The Labute approximate surface area is 220 Å². The Morgan fingerprint density at radius 2 is 1.72 bits per heavy atom. The van der Waals surface area contributed by atoms with E-state index in [2.05, 4.69) is 29.7 Å². The molecule has 0 radical (unpaired) electrons. The van der Waals surface area contributed by atoms with Gasteiger partial charge in [-0.15, -0.1) is 11.3 Å². The van der Waals surface area contributed by atoms with Crippen molar-refractivity contribution in [2.75, 3.05) is 10.6 Å². The van der Waals surface area contributed by atoms with Gasteiger partial charge in [0.25, 0.3) is 0 Å². The van der Waals surface area contributed by atoms with Crippen molar-refractivity contribution in [1.29, 1.82) is 0 Å². The summed E-state index contributed by atoms with van der Waals surface area (Å²) in [5.41, 5.74) is 6.72. The van der Waals surface area contributed by atoms with Crippen LogP contribution in [0.1, 0.15) is 35.6 Å². The standard InChI is InChI=1S/C29H29N3O2S2/c1-5-24(28(34)32-27-19(3)15-18(2)16-20(27)4)35-29-31-23-13-12-22(17-25(23)36-29)30-26(33)14-11-21-9-7-6-8-10-21/h6-17,24H,5H2,1-4H3,(H,30,33)(H,32,34)/b14-11+. The molecule has 0 saturated carbocycles. The number of amides is 2. The van der Waals surface area contributed by atoms with Crippen LogP contribution in [0.4, 0.5) is 11.4 Å². The number of nitrogens with one attached hydrogen (secondary N) is 2. The van der Waals surface area contributed by atoms with Crippen LogP contribution in [0.25, 0.3) is 16.3 Å². The predicted molar refractivity (Wildman–Crippen MR) is 153 cm³/mol. The molecule has 0 aliphatic rings. The molecule has 0 bridgehead atoms. The first-order valence-electron chi connectivity index (χ1n) is 11.8. The van der Waals surface area contributed by atoms with Gasteiger partial charge in [0.1, 0.15) is 0 Å². The summed E-state index contributed by atoms with van der Waals surface area (Å²) >= 11 is 3.01. The molecule has 0 spiro atoms. The van der Waals surface area contributed by atoms with Gasteiger partial charge in [-0.3, -0.25) is 9.59 Å². The van der Waals surface area contributed by atoms with Crippen LogP contribution in [0, 0.1) is 20.8 Å². The average Bonchev–Trinajstić information content (AvgIpc) is 3.25. The lowest BCUT2D eigenvalue weighted by atomic mass is 10.0. The van der Waals surface area contributed by atoms with Crippen molar-refractivity contribution >= 4 is 62.6 Å². The summed E-state index contributed by atoms with van der Waals surface area (Å²) in [5, 5.41) is 5.78. The van der Waals surface area contributed by atoms with E-state index in [1.165, 1.54) is 34.7 Å². The molecule has 0 aliphatic heterocycles. The van der Waals surface area contributed by atoms with E-state index in [9.17, 15) is 9.59 Å². The molecule has 5 nitrogen and oxygen atoms in total. The third-order valence-electron chi connectivity index (χ3n) is 5.69. The van der Waals surface area contributed by atoms with Crippen LogP contribution in [0.15, 0.2) is 71.1 Å². The minimum Gasteiger partial charge on any atom is -0.325 e. The maximum absolute atomic E-state index is 13.1. The molecule has 1 heterocycles. The number of nitrogens with zero attached hydrogens (tertiary/aromatic N) is 1. The fourth-order valence-electron chi connectivity index (χ4n) is 3.98. The highest BCUT2D eigenvalue weighted by Gasteiger charge is 2.21. The van der Waals surface area contributed by atoms with E-state index < -0.39 is 0 Å². The minimum atomic E-state index is -0.257. The first-order chi connectivity index (χ1) is 17.3. The number of hydrogen-bond acceptors (Lipinski definition) is 5. The lowest BCUT2D eigenvalue weighted by molar-refractivity contribution is -0.115. The molecule has 1 aromatic heterocycles. The molecule has 184 valence electrons. The zero-order valence-electron chi connectivity index (χ0n) is 20.8. The van der Waals surface area contributed by atoms with E-state index in [1.54, 1.807) is 6.08 Å². The second-order valence-corrected chi connectivity index (χ2v) is 11.2. The van der Waals surface area contributed by atoms with E-state index in [-0.39, 0.29) is 17.1 Å². The fraction of sp³-hybridized carbons (Fsp3) is 0.207. The van der Waals surface area contributed by atoms with Crippen LogP contribution < -0.4 is 10.6 Å².